The van der Waals surface area contributed by atoms with Gasteiger partial charge in [0.1, 0.15) is 12.8 Å². The highest BCUT2D eigenvalue weighted by atomic mass is 19.4. The molecule has 24 heavy (non-hydrogen) atoms. The van der Waals surface area contributed by atoms with Crippen molar-refractivity contribution in [3.8, 4) is 0 Å². The van der Waals surface area contributed by atoms with E-state index in [1.165, 1.54) is 4.90 Å². The van der Waals surface area contributed by atoms with Gasteiger partial charge >= 0.3 is 12.1 Å². The number of amides is 2. The zero-order chi connectivity index (χ0) is 17.7. The first-order valence-corrected chi connectivity index (χ1v) is 7.80. The quantitative estimate of drug-likeness (QED) is 0.746. The van der Waals surface area contributed by atoms with Crippen molar-refractivity contribution >= 4 is 11.8 Å². The van der Waals surface area contributed by atoms with Gasteiger partial charge in [-0.05, 0) is 12.8 Å². The Kier molecular flexibility index (Phi) is 4.21. The third-order valence-corrected chi connectivity index (χ3v) is 5.02. The van der Waals surface area contributed by atoms with Crippen LogP contribution in [0.3, 0.4) is 0 Å². The summed E-state index contributed by atoms with van der Waals surface area (Å²) in [5.41, 5.74) is -1.07. The van der Waals surface area contributed by atoms with Crippen LogP contribution in [0.25, 0.3) is 0 Å². The molecule has 0 bridgehead atoms. The highest BCUT2D eigenvalue weighted by Gasteiger charge is 2.60. The topological polar surface area (TPSA) is 52.7 Å². The standard InChI is InChI=1S/C14H18F5N3O2/c15-4-9-6-22(12(24)14(17,18)19)13(1-2-13)7-21(9)11(23)10-3-8(16)5-20-10/h8-10,20H,1-7H2/t8-,9+,10+/m1/s1. The highest BCUT2D eigenvalue weighted by molar-refractivity contribution is 5.85. The Hall–Kier alpha value is -1.45. The fraction of sp³-hybridized carbons (Fsp3) is 0.857. The van der Waals surface area contributed by atoms with E-state index in [9.17, 15) is 31.5 Å². The molecule has 0 aromatic carbocycles. The van der Waals surface area contributed by atoms with E-state index in [0.29, 0.717) is 17.7 Å². The van der Waals surface area contributed by atoms with Crippen LogP contribution in [0, 0.1) is 0 Å². The summed E-state index contributed by atoms with van der Waals surface area (Å²) in [4.78, 5) is 26.0. The van der Waals surface area contributed by atoms with Gasteiger partial charge in [-0.25, -0.2) is 8.78 Å². The number of piperazine rings is 1. The number of halogens is 5. The molecule has 2 heterocycles. The van der Waals surface area contributed by atoms with Crippen molar-refractivity contribution in [1.82, 2.24) is 15.1 Å². The molecule has 0 radical (unpaired) electrons. The largest absolute Gasteiger partial charge is 0.471 e. The Bertz CT molecular complexity index is 537. The molecule has 1 N–H and O–H groups in total. The van der Waals surface area contributed by atoms with Gasteiger partial charge < -0.3 is 15.1 Å². The summed E-state index contributed by atoms with van der Waals surface area (Å²) in [5, 5.41) is 2.70. The molecule has 1 aliphatic carbocycles. The average molecular weight is 355 g/mol. The lowest BCUT2D eigenvalue weighted by Gasteiger charge is -2.47. The molecule has 10 heteroatoms. The lowest BCUT2D eigenvalue weighted by molar-refractivity contribution is -0.193. The maximum absolute atomic E-state index is 13.4. The fourth-order valence-electron chi connectivity index (χ4n) is 3.53. The first kappa shape index (κ1) is 17.4. The molecule has 2 aliphatic heterocycles. The predicted octanol–water partition coefficient (Wildman–Crippen LogP) is 0.790. The van der Waals surface area contributed by atoms with E-state index in [2.05, 4.69) is 5.32 Å². The van der Waals surface area contributed by atoms with Gasteiger partial charge in [0.15, 0.2) is 0 Å². The van der Waals surface area contributed by atoms with Crippen molar-refractivity contribution in [2.24, 2.45) is 0 Å². The molecular weight excluding hydrogens is 337 g/mol. The minimum Gasteiger partial charge on any atom is -0.332 e. The van der Waals surface area contributed by atoms with Crippen molar-refractivity contribution in [3.05, 3.63) is 0 Å². The first-order valence-electron chi connectivity index (χ1n) is 7.80. The summed E-state index contributed by atoms with van der Waals surface area (Å²) < 4.78 is 64.9. The summed E-state index contributed by atoms with van der Waals surface area (Å²) in [7, 11) is 0. The molecular formula is C14H18F5N3O2. The van der Waals surface area contributed by atoms with Crippen LogP contribution in [0.2, 0.25) is 0 Å². The Morgan fingerprint density at radius 1 is 1.25 bits per heavy atom. The third kappa shape index (κ3) is 2.96. The number of carbonyl (C=O) groups excluding carboxylic acids is 2. The number of nitrogens with one attached hydrogen (secondary N) is 1. The first-order chi connectivity index (χ1) is 11.2. The van der Waals surface area contributed by atoms with Gasteiger partial charge in [0.2, 0.25) is 5.91 Å². The number of alkyl halides is 5. The molecule has 1 spiro atoms. The van der Waals surface area contributed by atoms with E-state index in [-0.39, 0.29) is 19.5 Å². The van der Waals surface area contributed by atoms with Crippen molar-refractivity contribution < 1.29 is 31.5 Å². The molecule has 2 saturated heterocycles. The van der Waals surface area contributed by atoms with Crippen LogP contribution >= 0.6 is 0 Å². The highest BCUT2D eigenvalue weighted by Crippen LogP contribution is 2.47. The number of carbonyl (C=O) groups is 2. The number of hydrogen-bond donors (Lipinski definition) is 1. The Morgan fingerprint density at radius 2 is 1.92 bits per heavy atom. The van der Waals surface area contributed by atoms with E-state index in [1.54, 1.807) is 0 Å². The maximum atomic E-state index is 13.4. The van der Waals surface area contributed by atoms with Crippen LogP contribution in [0.4, 0.5) is 22.0 Å². The zero-order valence-corrected chi connectivity index (χ0v) is 12.8. The molecule has 136 valence electrons. The van der Waals surface area contributed by atoms with Crippen LogP contribution in [0.5, 0.6) is 0 Å². The summed E-state index contributed by atoms with van der Waals surface area (Å²) >= 11 is 0. The molecule has 3 atom stereocenters. The Morgan fingerprint density at radius 3 is 2.38 bits per heavy atom. The van der Waals surface area contributed by atoms with Gasteiger partial charge in [0, 0.05) is 26.1 Å². The minimum atomic E-state index is -5.03. The third-order valence-electron chi connectivity index (χ3n) is 5.02. The monoisotopic (exact) mass is 355 g/mol. The lowest BCUT2D eigenvalue weighted by Crippen LogP contribution is -2.66. The molecule has 0 aromatic heterocycles. The smallest absolute Gasteiger partial charge is 0.332 e. The number of rotatable bonds is 2. The van der Waals surface area contributed by atoms with E-state index in [0.717, 1.165) is 0 Å². The van der Waals surface area contributed by atoms with Crippen molar-refractivity contribution in [2.45, 2.75) is 49.2 Å². The van der Waals surface area contributed by atoms with Crippen LogP contribution in [0.1, 0.15) is 19.3 Å². The molecule has 3 fully saturated rings. The van der Waals surface area contributed by atoms with Crippen LogP contribution < -0.4 is 5.32 Å². The molecule has 1 saturated carbocycles. The van der Waals surface area contributed by atoms with Crippen molar-refractivity contribution in [2.75, 3.05) is 26.3 Å². The van der Waals surface area contributed by atoms with Gasteiger partial charge in [-0.2, -0.15) is 13.2 Å². The van der Waals surface area contributed by atoms with Gasteiger partial charge in [0.05, 0.1) is 17.6 Å². The Balaban J connectivity index is 1.78. The summed E-state index contributed by atoms with van der Waals surface area (Å²) in [6, 6.07) is -1.94. The maximum Gasteiger partial charge on any atom is 0.471 e. The lowest BCUT2D eigenvalue weighted by atomic mass is 10.0. The number of nitrogens with zero attached hydrogens (tertiary/aromatic N) is 2. The molecule has 0 aromatic rings. The minimum absolute atomic E-state index is 0.0222. The molecule has 3 rings (SSSR count). The van der Waals surface area contributed by atoms with Crippen LogP contribution in [0.15, 0.2) is 0 Å². The molecule has 5 nitrogen and oxygen atoms in total. The normalized spacial score (nSPS) is 32.3. The molecule has 3 aliphatic rings. The summed E-state index contributed by atoms with van der Waals surface area (Å²) in [6.07, 6.45) is -5.57. The van der Waals surface area contributed by atoms with E-state index < -0.39 is 55.0 Å². The van der Waals surface area contributed by atoms with Gasteiger partial charge in [-0.3, -0.25) is 9.59 Å². The van der Waals surface area contributed by atoms with Crippen molar-refractivity contribution in [3.63, 3.8) is 0 Å². The van der Waals surface area contributed by atoms with E-state index in [4.69, 9.17) is 0 Å². The average Bonchev–Trinajstić information content (AvgIpc) is 3.15. The second-order valence-electron chi connectivity index (χ2n) is 6.71. The van der Waals surface area contributed by atoms with Gasteiger partial charge in [-0.1, -0.05) is 0 Å². The van der Waals surface area contributed by atoms with E-state index in [1.807, 2.05) is 0 Å². The van der Waals surface area contributed by atoms with E-state index >= 15 is 0 Å². The van der Waals surface area contributed by atoms with Crippen LogP contribution in [-0.4, -0.2) is 77.9 Å². The summed E-state index contributed by atoms with van der Waals surface area (Å²) in [5.74, 6) is -2.50. The molecule has 0 unspecified atom stereocenters. The Labute approximate surface area is 135 Å². The van der Waals surface area contributed by atoms with Crippen molar-refractivity contribution in [1.29, 1.82) is 0 Å². The molecule has 2 amide bonds. The zero-order valence-electron chi connectivity index (χ0n) is 12.8. The van der Waals surface area contributed by atoms with Crippen LogP contribution in [-0.2, 0) is 9.59 Å². The van der Waals surface area contributed by atoms with Gasteiger partial charge in [0.25, 0.3) is 0 Å². The fourth-order valence-corrected chi connectivity index (χ4v) is 3.53. The second-order valence-corrected chi connectivity index (χ2v) is 6.71. The predicted molar refractivity (Wildman–Crippen MR) is 72.5 cm³/mol. The summed E-state index contributed by atoms with van der Waals surface area (Å²) in [6.45, 7) is -1.67. The van der Waals surface area contributed by atoms with Gasteiger partial charge in [-0.15, -0.1) is 0 Å². The SMILES string of the molecule is O=C([C@@H]1C[C@@H](F)CN1)N1CC2(CC2)N(C(=O)C(F)(F)F)C[C@@H]1CF. The number of hydrogen-bond acceptors (Lipinski definition) is 3. The second kappa shape index (κ2) is 5.82.